The maximum Gasteiger partial charge on any atom is 0.228 e. The molecule has 1 aliphatic rings. The summed E-state index contributed by atoms with van der Waals surface area (Å²) >= 11 is 12.2. The predicted molar refractivity (Wildman–Crippen MR) is 96.8 cm³/mol. The van der Waals surface area contributed by atoms with Gasteiger partial charge in [-0.15, -0.1) is 0 Å². The maximum absolute atomic E-state index is 12.2. The Hall–Kier alpha value is -1.91. The van der Waals surface area contributed by atoms with Crippen LogP contribution in [-0.2, 0) is 10.2 Å². The first kappa shape index (κ1) is 16.9. The minimum absolute atomic E-state index is 0.0632. The topological polar surface area (TPSA) is 57.1 Å². The largest absolute Gasteiger partial charge is 0.304 e. The maximum atomic E-state index is 12.2. The zero-order chi connectivity index (χ0) is 17.5. The van der Waals surface area contributed by atoms with Crippen molar-refractivity contribution in [3.05, 3.63) is 52.1 Å². The van der Waals surface area contributed by atoms with Gasteiger partial charge in [0.1, 0.15) is 5.84 Å². The van der Waals surface area contributed by atoms with Crippen LogP contribution in [0, 0.1) is 5.41 Å². The summed E-state index contributed by atoms with van der Waals surface area (Å²) in [6, 6.07) is 11.0. The van der Waals surface area contributed by atoms with Crippen LogP contribution in [-0.4, -0.2) is 28.7 Å². The molecule has 0 aliphatic carbocycles. The minimum Gasteiger partial charge on any atom is -0.304 e. The van der Waals surface area contributed by atoms with Crippen LogP contribution in [0.25, 0.3) is 11.3 Å². The molecule has 0 saturated carbocycles. The van der Waals surface area contributed by atoms with Crippen molar-refractivity contribution < 1.29 is 4.79 Å². The van der Waals surface area contributed by atoms with E-state index in [9.17, 15) is 4.79 Å². The molecule has 1 fully saturated rings. The van der Waals surface area contributed by atoms with Gasteiger partial charge in [-0.05, 0) is 30.3 Å². The zero-order valence-electron chi connectivity index (χ0n) is 13.4. The van der Waals surface area contributed by atoms with Crippen molar-refractivity contribution in [2.75, 3.05) is 7.05 Å². The van der Waals surface area contributed by atoms with Gasteiger partial charge in [0.05, 0.1) is 5.69 Å². The second-order valence-electron chi connectivity index (χ2n) is 6.38. The van der Waals surface area contributed by atoms with Crippen LogP contribution in [0.2, 0.25) is 10.0 Å². The SMILES string of the molecule is CN1C(=N)C[C@](C)(c2cccc(-c3cc(Cl)cc(Cl)c3)n2)CC1=O. The Morgan fingerprint density at radius 1 is 1.17 bits per heavy atom. The highest BCUT2D eigenvalue weighted by molar-refractivity contribution is 6.35. The van der Waals surface area contributed by atoms with Crippen LogP contribution in [0.5, 0.6) is 0 Å². The summed E-state index contributed by atoms with van der Waals surface area (Å²) in [6.45, 7) is 1.98. The summed E-state index contributed by atoms with van der Waals surface area (Å²) in [5.74, 6) is 0.249. The van der Waals surface area contributed by atoms with E-state index in [1.165, 1.54) is 4.90 Å². The van der Waals surface area contributed by atoms with Gasteiger partial charge >= 0.3 is 0 Å². The van der Waals surface area contributed by atoms with E-state index in [0.717, 1.165) is 17.0 Å². The first-order chi connectivity index (χ1) is 11.3. The lowest BCUT2D eigenvalue weighted by Crippen LogP contribution is -2.46. The lowest BCUT2D eigenvalue weighted by molar-refractivity contribution is -0.128. The molecule has 1 amide bonds. The highest BCUT2D eigenvalue weighted by Gasteiger charge is 2.39. The van der Waals surface area contributed by atoms with Crippen LogP contribution in [0.4, 0.5) is 0 Å². The second-order valence-corrected chi connectivity index (χ2v) is 7.25. The number of benzene rings is 1. The van der Waals surface area contributed by atoms with Crippen molar-refractivity contribution in [1.82, 2.24) is 9.88 Å². The Morgan fingerprint density at radius 2 is 1.83 bits per heavy atom. The molecule has 6 heteroatoms. The molecule has 0 spiro atoms. The van der Waals surface area contributed by atoms with E-state index in [1.807, 2.05) is 37.3 Å². The average molecular weight is 362 g/mol. The smallest absolute Gasteiger partial charge is 0.228 e. The van der Waals surface area contributed by atoms with E-state index in [4.69, 9.17) is 33.6 Å². The number of nitrogens with zero attached hydrogens (tertiary/aromatic N) is 2. The number of carbonyl (C=O) groups is 1. The number of pyridine rings is 1. The third kappa shape index (κ3) is 3.17. The summed E-state index contributed by atoms with van der Waals surface area (Å²) in [7, 11) is 1.64. The van der Waals surface area contributed by atoms with Crippen molar-refractivity contribution in [2.45, 2.75) is 25.2 Å². The van der Waals surface area contributed by atoms with Crippen molar-refractivity contribution >= 4 is 34.9 Å². The van der Waals surface area contributed by atoms with E-state index in [2.05, 4.69) is 0 Å². The van der Waals surface area contributed by atoms with Gasteiger partial charge in [-0.1, -0.05) is 36.2 Å². The molecular formula is C18H17Cl2N3O. The fraction of sp³-hybridized carbons (Fsp3) is 0.278. The van der Waals surface area contributed by atoms with E-state index in [-0.39, 0.29) is 5.91 Å². The molecule has 0 bridgehead atoms. The molecule has 0 unspecified atom stereocenters. The van der Waals surface area contributed by atoms with Crippen molar-refractivity contribution in [3.8, 4) is 11.3 Å². The molecule has 124 valence electrons. The minimum atomic E-state index is -0.487. The molecule has 2 aromatic rings. The van der Waals surface area contributed by atoms with Gasteiger partial charge in [-0.2, -0.15) is 0 Å². The van der Waals surface area contributed by atoms with Crippen LogP contribution >= 0.6 is 23.2 Å². The number of amides is 1. The Labute approximate surface area is 150 Å². The van der Waals surface area contributed by atoms with Gasteiger partial charge in [0, 0.05) is 46.6 Å². The monoisotopic (exact) mass is 361 g/mol. The Bertz CT molecular complexity index is 797. The Morgan fingerprint density at radius 3 is 2.46 bits per heavy atom. The molecule has 4 nitrogen and oxygen atoms in total. The summed E-state index contributed by atoms with van der Waals surface area (Å²) in [5, 5.41) is 9.14. The standard InChI is InChI=1S/C18H17Cl2N3O/c1-18(9-16(21)23(2)17(24)10-18)15-5-3-4-14(22-15)11-6-12(19)8-13(20)7-11/h3-8,21H,9-10H2,1-2H3/t18-/m0/s1. The number of aromatic nitrogens is 1. The molecule has 2 heterocycles. The van der Waals surface area contributed by atoms with Crippen LogP contribution < -0.4 is 0 Å². The zero-order valence-corrected chi connectivity index (χ0v) is 14.9. The number of halogens is 2. The van der Waals surface area contributed by atoms with Gasteiger partial charge in [0.2, 0.25) is 5.91 Å². The first-order valence-electron chi connectivity index (χ1n) is 7.56. The van der Waals surface area contributed by atoms with E-state index in [0.29, 0.717) is 28.7 Å². The highest BCUT2D eigenvalue weighted by atomic mass is 35.5. The normalized spacial score (nSPS) is 21.2. The number of nitrogens with one attached hydrogen (secondary N) is 1. The number of hydrogen-bond donors (Lipinski definition) is 1. The Balaban J connectivity index is 2.01. The average Bonchev–Trinajstić information content (AvgIpc) is 2.52. The van der Waals surface area contributed by atoms with Crippen LogP contribution in [0.15, 0.2) is 36.4 Å². The summed E-state index contributed by atoms with van der Waals surface area (Å²) in [5.41, 5.74) is 1.88. The Kier molecular flexibility index (Phi) is 4.37. The van der Waals surface area contributed by atoms with Crippen molar-refractivity contribution in [1.29, 1.82) is 5.41 Å². The van der Waals surface area contributed by atoms with Gasteiger partial charge in [-0.3, -0.25) is 15.2 Å². The van der Waals surface area contributed by atoms with Crippen molar-refractivity contribution in [3.63, 3.8) is 0 Å². The summed E-state index contributed by atoms with van der Waals surface area (Å²) < 4.78 is 0. The van der Waals surface area contributed by atoms with E-state index < -0.39 is 5.41 Å². The van der Waals surface area contributed by atoms with Gasteiger partial charge in [0.25, 0.3) is 0 Å². The van der Waals surface area contributed by atoms with Crippen LogP contribution in [0.3, 0.4) is 0 Å². The molecule has 1 saturated heterocycles. The molecule has 0 radical (unpaired) electrons. The second kappa shape index (κ2) is 6.19. The summed E-state index contributed by atoms with van der Waals surface area (Å²) in [6.07, 6.45) is 0.806. The molecule has 3 rings (SSSR count). The fourth-order valence-electron chi connectivity index (χ4n) is 2.97. The van der Waals surface area contributed by atoms with Gasteiger partial charge in [-0.25, -0.2) is 0 Å². The third-order valence-corrected chi connectivity index (χ3v) is 4.84. The predicted octanol–water partition coefficient (Wildman–Crippen LogP) is 4.54. The first-order valence-corrected chi connectivity index (χ1v) is 8.32. The van der Waals surface area contributed by atoms with Gasteiger partial charge in [0.15, 0.2) is 0 Å². The molecule has 24 heavy (non-hydrogen) atoms. The lowest BCUT2D eigenvalue weighted by atomic mass is 9.76. The third-order valence-electron chi connectivity index (χ3n) is 4.40. The number of piperidine rings is 1. The van der Waals surface area contributed by atoms with E-state index in [1.54, 1.807) is 13.1 Å². The molecular weight excluding hydrogens is 345 g/mol. The molecule has 1 N–H and O–H groups in total. The molecule has 1 aliphatic heterocycles. The number of likely N-dealkylation sites (tertiary alicyclic amines) is 1. The molecule has 1 aromatic heterocycles. The highest BCUT2D eigenvalue weighted by Crippen LogP contribution is 2.36. The number of amidine groups is 1. The van der Waals surface area contributed by atoms with E-state index >= 15 is 0 Å². The quantitative estimate of drug-likeness (QED) is 0.853. The lowest BCUT2D eigenvalue weighted by Gasteiger charge is -2.37. The van der Waals surface area contributed by atoms with Crippen molar-refractivity contribution in [2.24, 2.45) is 0 Å². The number of rotatable bonds is 2. The summed E-state index contributed by atoms with van der Waals surface area (Å²) in [4.78, 5) is 18.3. The number of hydrogen-bond acceptors (Lipinski definition) is 3. The van der Waals surface area contributed by atoms with Crippen LogP contribution in [0.1, 0.15) is 25.5 Å². The molecule has 1 atom stereocenters. The molecule has 1 aromatic carbocycles. The number of carbonyl (C=O) groups excluding carboxylic acids is 1. The fourth-order valence-corrected chi connectivity index (χ4v) is 3.49. The van der Waals surface area contributed by atoms with Gasteiger partial charge < -0.3 is 4.90 Å².